The summed E-state index contributed by atoms with van der Waals surface area (Å²) < 4.78 is 4.72. The van der Waals surface area contributed by atoms with Crippen LogP contribution in [0.15, 0.2) is 182 Å². The zero-order valence-electron chi connectivity index (χ0n) is 25.2. The molecule has 2 nitrogen and oxygen atoms in total. The van der Waals surface area contributed by atoms with Crippen molar-refractivity contribution in [2.75, 3.05) is 0 Å². The van der Waals surface area contributed by atoms with Gasteiger partial charge in [0.05, 0.1) is 16.6 Å². The SMILES string of the molecule is c1ccc(-c2cccc(-c3ccccc3)c2-c2ccc3c(c2)c2ccc4c(ccn4-c4ccccc4)c2n3-c2ccccc2)cc1. The van der Waals surface area contributed by atoms with Crippen molar-refractivity contribution in [2.45, 2.75) is 0 Å². The molecule has 0 bridgehead atoms. The van der Waals surface area contributed by atoms with Crippen molar-refractivity contribution >= 4 is 32.7 Å². The Hall–Kier alpha value is -6.12. The number of nitrogens with zero attached hydrogens (tertiary/aromatic N) is 2. The third-order valence-corrected chi connectivity index (χ3v) is 9.17. The van der Waals surface area contributed by atoms with E-state index in [1.807, 2.05) is 0 Å². The smallest absolute Gasteiger partial charge is 0.0635 e. The minimum Gasteiger partial charge on any atom is -0.316 e. The maximum Gasteiger partial charge on any atom is 0.0635 e. The molecule has 0 atom stereocenters. The Labute approximate surface area is 268 Å². The van der Waals surface area contributed by atoms with E-state index in [2.05, 4.69) is 191 Å². The van der Waals surface area contributed by atoms with Gasteiger partial charge in [0.25, 0.3) is 0 Å². The maximum atomic E-state index is 2.44. The van der Waals surface area contributed by atoms with Gasteiger partial charge in [0.1, 0.15) is 0 Å². The number of rotatable bonds is 5. The van der Waals surface area contributed by atoms with Crippen LogP contribution in [0.1, 0.15) is 0 Å². The second-order valence-corrected chi connectivity index (χ2v) is 11.8. The molecule has 2 aromatic heterocycles. The van der Waals surface area contributed by atoms with Crippen molar-refractivity contribution in [3.63, 3.8) is 0 Å². The molecule has 0 amide bonds. The summed E-state index contributed by atoms with van der Waals surface area (Å²) in [6, 6.07) is 63.4. The number of hydrogen-bond acceptors (Lipinski definition) is 0. The molecule has 0 radical (unpaired) electrons. The normalized spacial score (nSPS) is 11.5. The van der Waals surface area contributed by atoms with Crippen LogP contribution in [0.25, 0.3) is 77.5 Å². The topological polar surface area (TPSA) is 9.86 Å². The van der Waals surface area contributed by atoms with E-state index in [0.717, 1.165) is 11.4 Å². The highest BCUT2D eigenvalue weighted by molar-refractivity contribution is 6.19. The molecule has 7 aromatic carbocycles. The quantitative estimate of drug-likeness (QED) is 0.190. The zero-order valence-corrected chi connectivity index (χ0v) is 25.2. The number of hydrogen-bond donors (Lipinski definition) is 0. The van der Waals surface area contributed by atoms with Gasteiger partial charge >= 0.3 is 0 Å². The zero-order chi connectivity index (χ0) is 30.5. The molecule has 9 aromatic rings. The van der Waals surface area contributed by atoms with Crippen LogP contribution in [-0.2, 0) is 0 Å². The average molecular weight is 587 g/mol. The molecule has 9 rings (SSSR count). The Morgan fingerprint density at radius 3 is 1.54 bits per heavy atom. The molecule has 0 saturated carbocycles. The lowest BCUT2D eigenvalue weighted by molar-refractivity contribution is 1.13. The first-order valence-electron chi connectivity index (χ1n) is 15.8. The van der Waals surface area contributed by atoms with Crippen LogP contribution in [-0.4, -0.2) is 9.13 Å². The van der Waals surface area contributed by atoms with Gasteiger partial charge in [0, 0.05) is 33.7 Å². The fourth-order valence-corrected chi connectivity index (χ4v) is 7.12. The fourth-order valence-electron chi connectivity index (χ4n) is 7.12. The molecule has 46 heavy (non-hydrogen) atoms. The molecular weight excluding hydrogens is 556 g/mol. The highest BCUT2D eigenvalue weighted by Crippen LogP contribution is 2.44. The Kier molecular flexibility index (Phi) is 6.17. The van der Waals surface area contributed by atoms with Gasteiger partial charge in [-0.2, -0.15) is 0 Å². The van der Waals surface area contributed by atoms with Gasteiger partial charge in [-0.3, -0.25) is 0 Å². The van der Waals surface area contributed by atoms with Gasteiger partial charge in [0.2, 0.25) is 0 Å². The summed E-state index contributed by atoms with van der Waals surface area (Å²) in [5.41, 5.74) is 13.3. The number of fused-ring (bicyclic) bond motifs is 5. The third-order valence-electron chi connectivity index (χ3n) is 9.17. The molecule has 0 unspecified atom stereocenters. The Balaban J connectivity index is 1.36. The summed E-state index contributed by atoms with van der Waals surface area (Å²) in [4.78, 5) is 0. The monoisotopic (exact) mass is 586 g/mol. The number of benzene rings is 7. The number of aromatic nitrogens is 2. The Bertz CT molecular complexity index is 2430. The standard InChI is InChI=1S/C44H30N2/c1-5-14-31(15-6-1)36-22-13-23-37(32-16-7-2-8-17-32)43(36)33-24-26-42-40(30-33)38-25-27-41-39(28-29-45(41)34-18-9-3-10-19-34)44(38)46(42)35-20-11-4-12-21-35/h1-30H. The van der Waals surface area contributed by atoms with Crippen molar-refractivity contribution in [3.05, 3.63) is 182 Å². The molecule has 2 heteroatoms. The molecule has 0 saturated heterocycles. The summed E-state index contributed by atoms with van der Waals surface area (Å²) in [6.45, 7) is 0. The minimum atomic E-state index is 1.16. The molecule has 0 aliphatic heterocycles. The molecule has 0 fully saturated rings. The minimum absolute atomic E-state index is 1.16. The summed E-state index contributed by atoms with van der Waals surface area (Å²) in [5, 5.41) is 3.72. The van der Waals surface area contributed by atoms with Crippen LogP contribution in [0.2, 0.25) is 0 Å². The predicted molar refractivity (Wildman–Crippen MR) is 194 cm³/mol. The van der Waals surface area contributed by atoms with Gasteiger partial charge in [-0.1, -0.05) is 127 Å². The summed E-state index contributed by atoms with van der Waals surface area (Å²) in [5.74, 6) is 0. The van der Waals surface area contributed by atoms with E-state index in [4.69, 9.17) is 0 Å². The van der Waals surface area contributed by atoms with Crippen molar-refractivity contribution < 1.29 is 0 Å². The van der Waals surface area contributed by atoms with Crippen LogP contribution in [0, 0.1) is 0 Å². The van der Waals surface area contributed by atoms with Crippen molar-refractivity contribution in [2.24, 2.45) is 0 Å². The summed E-state index contributed by atoms with van der Waals surface area (Å²) in [7, 11) is 0. The van der Waals surface area contributed by atoms with Crippen molar-refractivity contribution in [1.29, 1.82) is 0 Å². The molecule has 0 N–H and O–H groups in total. The molecule has 216 valence electrons. The predicted octanol–water partition coefficient (Wildman–Crippen LogP) is 11.7. The summed E-state index contributed by atoms with van der Waals surface area (Å²) in [6.07, 6.45) is 2.19. The second-order valence-electron chi connectivity index (χ2n) is 11.8. The van der Waals surface area contributed by atoms with Crippen LogP contribution in [0.5, 0.6) is 0 Å². The van der Waals surface area contributed by atoms with E-state index in [9.17, 15) is 0 Å². The largest absolute Gasteiger partial charge is 0.316 e. The van der Waals surface area contributed by atoms with E-state index in [0.29, 0.717) is 0 Å². The average Bonchev–Trinajstić information content (AvgIpc) is 3.72. The van der Waals surface area contributed by atoms with E-state index in [-0.39, 0.29) is 0 Å². The Morgan fingerprint density at radius 2 is 0.913 bits per heavy atom. The first kappa shape index (κ1) is 26.3. The van der Waals surface area contributed by atoms with Crippen molar-refractivity contribution in [1.82, 2.24) is 9.13 Å². The van der Waals surface area contributed by atoms with Gasteiger partial charge in [-0.25, -0.2) is 0 Å². The third kappa shape index (κ3) is 4.19. The first-order chi connectivity index (χ1) is 22.8. The lowest BCUT2D eigenvalue weighted by Gasteiger charge is -2.17. The molecular formula is C44H30N2. The van der Waals surface area contributed by atoms with Gasteiger partial charge in [0.15, 0.2) is 0 Å². The van der Waals surface area contributed by atoms with Crippen LogP contribution < -0.4 is 0 Å². The van der Waals surface area contributed by atoms with Crippen LogP contribution in [0.4, 0.5) is 0 Å². The van der Waals surface area contributed by atoms with Gasteiger partial charge < -0.3 is 9.13 Å². The van der Waals surface area contributed by atoms with E-state index in [1.54, 1.807) is 0 Å². The van der Waals surface area contributed by atoms with Gasteiger partial charge in [-0.15, -0.1) is 0 Å². The molecule has 2 heterocycles. The highest BCUT2D eigenvalue weighted by atomic mass is 15.0. The lowest BCUT2D eigenvalue weighted by atomic mass is 9.87. The lowest BCUT2D eigenvalue weighted by Crippen LogP contribution is -1.95. The molecule has 0 aliphatic rings. The maximum absolute atomic E-state index is 2.44. The van der Waals surface area contributed by atoms with E-state index in [1.165, 1.54) is 66.1 Å². The van der Waals surface area contributed by atoms with E-state index >= 15 is 0 Å². The van der Waals surface area contributed by atoms with Crippen LogP contribution in [0.3, 0.4) is 0 Å². The highest BCUT2D eigenvalue weighted by Gasteiger charge is 2.20. The van der Waals surface area contributed by atoms with E-state index < -0.39 is 0 Å². The fraction of sp³-hybridized carbons (Fsp3) is 0. The van der Waals surface area contributed by atoms with Gasteiger partial charge in [-0.05, 0) is 81.9 Å². The molecule has 0 aliphatic carbocycles. The molecule has 0 spiro atoms. The van der Waals surface area contributed by atoms with Crippen molar-refractivity contribution in [3.8, 4) is 44.8 Å². The van der Waals surface area contributed by atoms with Crippen LogP contribution >= 0.6 is 0 Å². The Morgan fingerprint density at radius 1 is 0.348 bits per heavy atom. The number of para-hydroxylation sites is 2. The summed E-state index contributed by atoms with van der Waals surface area (Å²) >= 11 is 0. The second kappa shape index (κ2) is 10.8. The first-order valence-corrected chi connectivity index (χ1v) is 15.8.